The second-order valence-corrected chi connectivity index (χ2v) is 6.07. The van der Waals surface area contributed by atoms with Crippen molar-refractivity contribution in [2.45, 2.75) is 20.3 Å². The molecule has 0 saturated carbocycles. The number of allylic oxidation sites excluding steroid dienone is 5. The highest BCUT2D eigenvalue weighted by atomic mass is 15.1. The van der Waals surface area contributed by atoms with E-state index >= 15 is 0 Å². The summed E-state index contributed by atoms with van der Waals surface area (Å²) in [5, 5.41) is 0. The molecule has 1 rings (SSSR count). The fraction of sp³-hybridized carbons (Fsp3) is 0.364. The van der Waals surface area contributed by atoms with E-state index in [9.17, 15) is 0 Å². The molecule has 0 heterocycles. The number of hydrogen-bond acceptors (Lipinski definition) is 2. The van der Waals surface area contributed by atoms with Crippen LogP contribution < -0.4 is 4.90 Å². The van der Waals surface area contributed by atoms with E-state index in [1.807, 2.05) is 12.2 Å². The van der Waals surface area contributed by atoms with Crippen LogP contribution in [-0.2, 0) is 0 Å². The first-order valence-corrected chi connectivity index (χ1v) is 8.77. The summed E-state index contributed by atoms with van der Waals surface area (Å²) in [6.07, 6.45) is 13.6. The van der Waals surface area contributed by atoms with Crippen molar-refractivity contribution in [1.82, 2.24) is 4.90 Å². The molecule has 0 bridgehead atoms. The van der Waals surface area contributed by atoms with E-state index in [4.69, 9.17) is 0 Å². The first kappa shape index (κ1) is 20.0. The van der Waals surface area contributed by atoms with Crippen LogP contribution in [-0.4, -0.2) is 38.6 Å². The van der Waals surface area contributed by atoms with Crippen molar-refractivity contribution in [3.63, 3.8) is 0 Å². The van der Waals surface area contributed by atoms with Gasteiger partial charge in [0.1, 0.15) is 0 Å². The Morgan fingerprint density at radius 2 is 1.79 bits per heavy atom. The fourth-order valence-electron chi connectivity index (χ4n) is 2.43. The quantitative estimate of drug-likeness (QED) is 0.548. The van der Waals surface area contributed by atoms with Gasteiger partial charge in [-0.05, 0) is 50.7 Å². The van der Waals surface area contributed by atoms with E-state index in [2.05, 4.69) is 92.9 Å². The van der Waals surface area contributed by atoms with Crippen molar-refractivity contribution in [1.29, 1.82) is 0 Å². The summed E-state index contributed by atoms with van der Waals surface area (Å²) in [6, 6.07) is 8.77. The first-order chi connectivity index (χ1) is 11.6. The molecule has 1 aromatic carbocycles. The summed E-state index contributed by atoms with van der Waals surface area (Å²) < 4.78 is 0. The number of anilines is 1. The zero-order valence-electron chi connectivity index (χ0n) is 15.7. The molecule has 0 aliphatic heterocycles. The summed E-state index contributed by atoms with van der Waals surface area (Å²) >= 11 is 0. The molecular weight excluding hydrogens is 292 g/mol. The van der Waals surface area contributed by atoms with E-state index in [1.165, 1.54) is 17.7 Å². The molecule has 130 valence electrons. The molecule has 0 N–H and O–H groups in total. The standard InChI is InChI=1S/C22H32N2/c1-6-10-20(11-9-19-23(4)5)12-13-21-14-16-22(17-15-21)24(8-3)18-7-2/h6,9-17H,1,7-8,18-19H2,2-5H3/b11-9-,13-12+,20-10+. The second kappa shape index (κ2) is 11.5. The molecule has 0 amide bonds. The van der Waals surface area contributed by atoms with Crippen molar-refractivity contribution in [3.05, 3.63) is 72.4 Å². The van der Waals surface area contributed by atoms with Gasteiger partial charge in [-0.25, -0.2) is 0 Å². The molecule has 1 aromatic rings. The Balaban J connectivity index is 2.78. The smallest absolute Gasteiger partial charge is 0.0366 e. The van der Waals surface area contributed by atoms with E-state index < -0.39 is 0 Å². The molecule has 2 nitrogen and oxygen atoms in total. The Hall–Kier alpha value is -2.06. The molecular formula is C22H32N2. The van der Waals surface area contributed by atoms with Gasteiger partial charge >= 0.3 is 0 Å². The van der Waals surface area contributed by atoms with Crippen LogP contribution >= 0.6 is 0 Å². The molecule has 2 heteroatoms. The van der Waals surface area contributed by atoms with Gasteiger partial charge in [0.25, 0.3) is 0 Å². The predicted octanol–water partition coefficient (Wildman–Crippen LogP) is 5.17. The van der Waals surface area contributed by atoms with Crippen molar-refractivity contribution < 1.29 is 0 Å². The van der Waals surface area contributed by atoms with Crippen LogP contribution in [0.25, 0.3) is 6.08 Å². The second-order valence-electron chi connectivity index (χ2n) is 6.07. The lowest BCUT2D eigenvalue weighted by molar-refractivity contribution is 0.456. The van der Waals surface area contributed by atoms with Gasteiger partial charge < -0.3 is 9.80 Å². The fourth-order valence-corrected chi connectivity index (χ4v) is 2.43. The number of hydrogen-bond donors (Lipinski definition) is 0. The highest BCUT2D eigenvalue weighted by Crippen LogP contribution is 2.17. The lowest BCUT2D eigenvalue weighted by Gasteiger charge is -2.22. The predicted molar refractivity (Wildman–Crippen MR) is 110 cm³/mol. The summed E-state index contributed by atoms with van der Waals surface area (Å²) in [7, 11) is 4.13. The minimum atomic E-state index is 0.932. The lowest BCUT2D eigenvalue weighted by Crippen LogP contribution is -2.23. The van der Waals surface area contributed by atoms with Gasteiger partial charge in [-0.1, -0.05) is 62.1 Å². The summed E-state index contributed by atoms with van der Waals surface area (Å²) in [4.78, 5) is 4.54. The zero-order chi connectivity index (χ0) is 17.8. The lowest BCUT2D eigenvalue weighted by atomic mass is 10.1. The van der Waals surface area contributed by atoms with Crippen LogP contribution in [0.4, 0.5) is 5.69 Å². The Morgan fingerprint density at radius 3 is 2.33 bits per heavy atom. The molecule has 0 radical (unpaired) electrons. The SMILES string of the molecule is C=C/C=C(\C=C/CN(C)C)/C=C/c1ccc(N(CC)CCC)cc1. The number of nitrogens with zero attached hydrogens (tertiary/aromatic N) is 2. The molecule has 0 fully saturated rings. The van der Waals surface area contributed by atoms with Gasteiger partial charge in [-0.3, -0.25) is 0 Å². The largest absolute Gasteiger partial charge is 0.372 e. The van der Waals surface area contributed by atoms with E-state index in [0.717, 1.165) is 25.2 Å². The van der Waals surface area contributed by atoms with Gasteiger partial charge in [-0.15, -0.1) is 0 Å². The normalized spacial score (nSPS) is 12.5. The van der Waals surface area contributed by atoms with Crippen LogP contribution in [0.2, 0.25) is 0 Å². The zero-order valence-corrected chi connectivity index (χ0v) is 15.7. The summed E-state index contributed by atoms with van der Waals surface area (Å²) in [5.41, 5.74) is 3.66. The third-order valence-electron chi connectivity index (χ3n) is 3.69. The highest BCUT2D eigenvalue weighted by Gasteiger charge is 2.01. The van der Waals surface area contributed by atoms with Crippen molar-refractivity contribution >= 4 is 11.8 Å². The summed E-state index contributed by atoms with van der Waals surface area (Å²) in [5.74, 6) is 0. The average Bonchev–Trinajstić information content (AvgIpc) is 2.58. The van der Waals surface area contributed by atoms with Gasteiger partial charge in [-0.2, -0.15) is 0 Å². The molecule has 0 aromatic heterocycles. The van der Waals surface area contributed by atoms with E-state index in [-0.39, 0.29) is 0 Å². The monoisotopic (exact) mass is 324 g/mol. The molecule has 0 atom stereocenters. The van der Waals surface area contributed by atoms with Crippen LogP contribution in [0, 0.1) is 0 Å². The van der Waals surface area contributed by atoms with Crippen LogP contribution in [0.15, 0.2) is 66.8 Å². The maximum absolute atomic E-state index is 3.80. The van der Waals surface area contributed by atoms with Crippen molar-refractivity contribution in [2.75, 3.05) is 38.6 Å². The Bertz CT molecular complexity index is 562. The minimum Gasteiger partial charge on any atom is -0.372 e. The van der Waals surface area contributed by atoms with Crippen LogP contribution in [0.1, 0.15) is 25.8 Å². The van der Waals surface area contributed by atoms with Gasteiger partial charge in [0.15, 0.2) is 0 Å². The molecule has 0 spiro atoms. The third-order valence-corrected chi connectivity index (χ3v) is 3.69. The molecule has 0 aliphatic rings. The van der Waals surface area contributed by atoms with Crippen LogP contribution in [0.5, 0.6) is 0 Å². The topological polar surface area (TPSA) is 6.48 Å². The molecule has 0 saturated heterocycles. The van der Waals surface area contributed by atoms with Gasteiger partial charge in [0, 0.05) is 25.3 Å². The van der Waals surface area contributed by atoms with Crippen LogP contribution in [0.3, 0.4) is 0 Å². The van der Waals surface area contributed by atoms with Gasteiger partial charge in [0.05, 0.1) is 0 Å². The summed E-state index contributed by atoms with van der Waals surface area (Å²) in [6.45, 7) is 11.3. The van der Waals surface area contributed by atoms with Crippen molar-refractivity contribution in [2.24, 2.45) is 0 Å². The Labute approximate surface area is 148 Å². The molecule has 0 aliphatic carbocycles. The average molecular weight is 325 g/mol. The number of rotatable bonds is 10. The maximum atomic E-state index is 3.80. The number of likely N-dealkylation sites (N-methyl/N-ethyl adjacent to an activating group) is 1. The maximum Gasteiger partial charge on any atom is 0.0366 e. The van der Waals surface area contributed by atoms with Crippen molar-refractivity contribution in [3.8, 4) is 0 Å². The third kappa shape index (κ3) is 7.47. The molecule has 0 unspecified atom stereocenters. The highest BCUT2D eigenvalue weighted by molar-refractivity contribution is 5.59. The minimum absolute atomic E-state index is 0.932. The molecule has 24 heavy (non-hydrogen) atoms. The Morgan fingerprint density at radius 1 is 1.08 bits per heavy atom. The number of benzene rings is 1. The Kier molecular flexibility index (Phi) is 9.55. The van der Waals surface area contributed by atoms with E-state index in [0.29, 0.717) is 0 Å². The first-order valence-electron chi connectivity index (χ1n) is 8.77. The van der Waals surface area contributed by atoms with Gasteiger partial charge in [0.2, 0.25) is 0 Å². The van der Waals surface area contributed by atoms with E-state index in [1.54, 1.807) is 0 Å².